The number of sulfonamides is 1. The van der Waals surface area contributed by atoms with Crippen LogP contribution >= 0.6 is 22.6 Å². The molecule has 0 saturated heterocycles. The Labute approximate surface area is 127 Å². The largest absolute Gasteiger partial charge is 0.268 e. The lowest BCUT2D eigenvalue weighted by molar-refractivity contribution is 0.593. The van der Waals surface area contributed by atoms with Gasteiger partial charge in [0.05, 0.1) is 10.6 Å². The minimum Gasteiger partial charge on any atom is -0.268 e. The average molecular weight is 387 g/mol. The number of nitrogens with zero attached hydrogens (tertiary/aromatic N) is 1. The minimum absolute atomic E-state index is 0.345. The summed E-state index contributed by atoms with van der Waals surface area (Å²) in [6, 6.07) is 14.4. The van der Waals surface area contributed by atoms with Crippen molar-refractivity contribution >= 4 is 38.3 Å². The molecule has 19 heavy (non-hydrogen) atoms. The third kappa shape index (κ3) is 2.76. The van der Waals surface area contributed by atoms with E-state index >= 15 is 0 Å². The first-order valence-electron chi connectivity index (χ1n) is 5.73. The van der Waals surface area contributed by atoms with Gasteiger partial charge in [0.15, 0.2) is 0 Å². The summed E-state index contributed by atoms with van der Waals surface area (Å²) in [6.07, 6.45) is 0. The molecule has 0 amide bonds. The van der Waals surface area contributed by atoms with Crippen molar-refractivity contribution in [2.75, 3.05) is 11.4 Å². The molecule has 2 rings (SSSR count). The molecule has 5 heteroatoms. The minimum atomic E-state index is -3.52. The fourth-order valence-corrected chi connectivity index (χ4v) is 4.18. The Morgan fingerprint density at radius 3 is 2.21 bits per heavy atom. The molecule has 0 fully saturated rings. The second kappa shape index (κ2) is 5.50. The Hall–Kier alpha value is -1.08. The van der Waals surface area contributed by atoms with Gasteiger partial charge < -0.3 is 0 Å². The summed E-state index contributed by atoms with van der Waals surface area (Å²) >= 11 is 2.14. The molecule has 0 aliphatic heterocycles. The van der Waals surface area contributed by atoms with Crippen molar-refractivity contribution in [1.29, 1.82) is 0 Å². The van der Waals surface area contributed by atoms with E-state index in [4.69, 9.17) is 0 Å². The summed E-state index contributed by atoms with van der Waals surface area (Å²) in [4.78, 5) is 0.345. The van der Waals surface area contributed by atoms with Gasteiger partial charge >= 0.3 is 0 Å². The number of para-hydroxylation sites is 1. The molecule has 0 aliphatic carbocycles. The summed E-state index contributed by atoms with van der Waals surface area (Å²) in [5.74, 6) is 0. The molecule has 0 radical (unpaired) electrons. The zero-order valence-electron chi connectivity index (χ0n) is 10.7. The summed E-state index contributed by atoms with van der Waals surface area (Å²) in [5, 5.41) is 0. The van der Waals surface area contributed by atoms with Crippen LogP contribution in [0.5, 0.6) is 0 Å². The normalized spacial score (nSPS) is 11.3. The van der Waals surface area contributed by atoms with Crippen molar-refractivity contribution in [3.8, 4) is 0 Å². The molecule has 0 saturated carbocycles. The van der Waals surface area contributed by atoms with Crippen molar-refractivity contribution in [2.45, 2.75) is 11.8 Å². The SMILES string of the molecule is Cc1ccccc1S(=O)(=O)N(C)c1ccccc1I. The topological polar surface area (TPSA) is 37.4 Å². The van der Waals surface area contributed by atoms with Crippen LogP contribution < -0.4 is 4.31 Å². The van der Waals surface area contributed by atoms with E-state index in [1.807, 2.05) is 24.3 Å². The van der Waals surface area contributed by atoms with Crippen LogP contribution in [0.4, 0.5) is 5.69 Å². The molecular formula is C14H14INO2S. The third-order valence-corrected chi connectivity index (χ3v) is 5.77. The highest BCUT2D eigenvalue weighted by molar-refractivity contribution is 14.1. The van der Waals surface area contributed by atoms with Crippen LogP contribution in [0.15, 0.2) is 53.4 Å². The molecule has 0 atom stereocenters. The van der Waals surface area contributed by atoms with Gasteiger partial charge in [-0.05, 0) is 53.3 Å². The molecule has 0 aromatic heterocycles. The number of rotatable bonds is 3. The summed E-state index contributed by atoms with van der Waals surface area (Å²) in [6.45, 7) is 1.80. The van der Waals surface area contributed by atoms with Crippen LogP contribution in [-0.2, 0) is 10.0 Å². The van der Waals surface area contributed by atoms with Gasteiger partial charge in [-0.25, -0.2) is 8.42 Å². The maximum atomic E-state index is 12.6. The second-order valence-electron chi connectivity index (χ2n) is 4.19. The second-order valence-corrected chi connectivity index (χ2v) is 7.29. The quantitative estimate of drug-likeness (QED) is 0.757. The Morgan fingerprint density at radius 1 is 1.00 bits per heavy atom. The van der Waals surface area contributed by atoms with E-state index in [1.165, 1.54) is 4.31 Å². The fraction of sp³-hybridized carbons (Fsp3) is 0.143. The van der Waals surface area contributed by atoms with Crippen LogP contribution in [0.2, 0.25) is 0 Å². The van der Waals surface area contributed by atoms with Gasteiger partial charge in [0.1, 0.15) is 0 Å². The van der Waals surface area contributed by atoms with E-state index < -0.39 is 10.0 Å². The lowest BCUT2D eigenvalue weighted by atomic mass is 10.2. The standard InChI is InChI=1S/C14H14INO2S/c1-11-7-3-6-10-14(11)19(17,18)16(2)13-9-5-4-8-12(13)15/h3-10H,1-2H3. The first kappa shape index (κ1) is 14.3. The molecule has 0 aliphatic rings. The van der Waals surface area contributed by atoms with Crippen LogP contribution in [-0.4, -0.2) is 15.5 Å². The van der Waals surface area contributed by atoms with Crippen LogP contribution in [0.25, 0.3) is 0 Å². The third-order valence-electron chi connectivity index (χ3n) is 2.92. The van der Waals surface area contributed by atoms with Crippen molar-refractivity contribution in [2.24, 2.45) is 0 Å². The van der Waals surface area contributed by atoms with E-state index in [0.717, 1.165) is 9.13 Å². The van der Waals surface area contributed by atoms with Gasteiger partial charge in [-0.3, -0.25) is 4.31 Å². The molecule has 0 N–H and O–H groups in total. The molecule has 0 unspecified atom stereocenters. The first-order valence-corrected chi connectivity index (χ1v) is 8.25. The smallest absolute Gasteiger partial charge is 0.264 e. The molecule has 0 spiro atoms. The van der Waals surface area contributed by atoms with Crippen molar-refractivity contribution in [3.63, 3.8) is 0 Å². The van der Waals surface area contributed by atoms with E-state index in [2.05, 4.69) is 22.6 Å². The highest BCUT2D eigenvalue weighted by Gasteiger charge is 2.23. The fourth-order valence-electron chi connectivity index (χ4n) is 1.83. The summed E-state index contributed by atoms with van der Waals surface area (Å²) in [5.41, 5.74) is 1.44. The number of aryl methyl sites for hydroxylation is 1. The predicted molar refractivity (Wildman–Crippen MR) is 85.9 cm³/mol. The molecule has 100 valence electrons. The molecule has 2 aromatic rings. The highest BCUT2D eigenvalue weighted by atomic mass is 127. The lowest BCUT2D eigenvalue weighted by Crippen LogP contribution is -2.27. The number of halogens is 1. The predicted octanol–water partition coefficient (Wildman–Crippen LogP) is 3.42. The zero-order chi connectivity index (χ0) is 14.0. The Morgan fingerprint density at radius 2 is 1.58 bits per heavy atom. The van der Waals surface area contributed by atoms with Gasteiger partial charge in [-0.1, -0.05) is 30.3 Å². The average Bonchev–Trinajstić information content (AvgIpc) is 2.39. The van der Waals surface area contributed by atoms with Crippen LogP contribution in [0.3, 0.4) is 0 Å². The number of benzene rings is 2. The van der Waals surface area contributed by atoms with Gasteiger partial charge in [0, 0.05) is 10.6 Å². The van der Waals surface area contributed by atoms with Gasteiger partial charge in [-0.15, -0.1) is 0 Å². The molecular weight excluding hydrogens is 373 g/mol. The number of hydrogen-bond acceptors (Lipinski definition) is 2. The van der Waals surface area contributed by atoms with Crippen molar-refractivity contribution in [3.05, 3.63) is 57.7 Å². The molecule has 0 bridgehead atoms. The molecule has 2 aromatic carbocycles. The molecule has 0 heterocycles. The van der Waals surface area contributed by atoms with Gasteiger partial charge in [0.2, 0.25) is 0 Å². The lowest BCUT2D eigenvalue weighted by Gasteiger charge is -2.21. The van der Waals surface area contributed by atoms with Gasteiger partial charge in [-0.2, -0.15) is 0 Å². The van der Waals surface area contributed by atoms with Crippen LogP contribution in [0, 0.1) is 10.5 Å². The monoisotopic (exact) mass is 387 g/mol. The van der Waals surface area contributed by atoms with Crippen LogP contribution in [0.1, 0.15) is 5.56 Å². The van der Waals surface area contributed by atoms with E-state index in [-0.39, 0.29) is 0 Å². The maximum Gasteiger partial charge on any atom is 0.264 e. The van der Waals surface area contributed by atoms with Gasteiger partial charge in [0.25, 0.3) is 10.0 Å². The Bertz CT molecular complexity index is 698. The Kier molecular flexibility index (Phi) is 4.15. The van der Waals surface area contributed by atoms with Crippen molar-refractivity contribution < 1.29 is 8.42 Å². The summed E-state index contributed by atoms with van der Waals surface area (Å²) in [7, 11) is -1.93. The number of anilines is 1. The van der Waals surface area contributed by atoms with E-state index in [0.29, 0.717) is 10.6 Å². The van der Waals surface area contributed by atoms with E-state index in [9.17, 15) is 8.42 Å². The Balaban J connectivity index is 2.52. The highest BCUT2D eigenvalue weighted by Crippen LogP contribution is 2.27. The molecule has 3 nitrogen and oxygen atoms in total. The van der Waals surface area contributed by atoms with E-state index in [1.54, 1.807) is 38.2 Å². The maximum absolute atomic E-state index is 12.6. The first-order chi connectivity index (χ1) is 8.94. The zero-order valence-corrected chi connectivity index (χ0v) is 13.6. The van der Waals surface area contributed by atoms with Crippen molar-refractivity contribution in [1.82, 2.24) is 0 Å². The number of hydrogen-bond donors (Lipinski definition) is 0. The summed E-state index contributed by atoms with van der Waals surface area (Å²) < 4.78 is 27.5.